The lowest BCUT2D eigenvalue weighted by atomic mass is 10.0. The van der Waals surface area contributed by atoms with E-state index in [0.717, 1.165) is 19.3 Å². The topological polar surface area (TPSA) is 66.3 Å². The second-order valence-corrected chi connectivity index (χ2v) is 3.96. The number of aromatic nitrogens is 2. The van der Waals surface area contributed by atoms with Crippen LogP contribution in [0.1, 0.15) is 29.6 Å². The van der Waals surface area contributed by atoms with E-state index >= 15 is 0 Å². The van der Waals surface area contributed by atoms with E-state index in [4.69, 9.17) is 0 Å². The van der Waals surface area contributed by atoms with Crippen molar-refractivity contribution in [1.82, 2.24) is 15.1 Å². The molecule has 0 radical (unpaired) electrons. The smallest absolute Gasteiger partial charge is 0.255 e. The highest BCUT2D eigenvalue weighted by Crippen LogP contribution is 2.18. The maximum Gasteiger partial charge on any atom is 0.255 e. The van der Waals surface area contributed by atoms with Crippen molar-refractivity contribution < 1.29 is 9.90 Å². The average molecular weight is 221 g/mol. The number of hydrogen-bond acceptors (Lipinski definition) is 4. The quantitative estimate of drug-likeness (QED) is 0.788. The molecule has 1 atom stereocenters. The Hall–Kier alpha value is -1.49. The summed E-state index contributed by atoms with van der Waals surface area (Å²) in [6, 6.07) is 1.60. The normalized spacial score (nSPS) is 20.8. The molecule has 5 heteroatoms. The molecule has 5 nitrogen and oxygen atoms in total. The minimum Gasteiger partial charge on any atom is -0.394 e. The molecule has 0 bridgehead atoms. The highest BCUT2D eigenvalue weighted by atomic mass is 16.3. The van der Waals surface area contributed by atoms with Crippen LogP contribution in [0.25, 0.3) is 0 Å². The number of amides is 1. The molecule has 0 aromatic carbocycles. The zero-order valence-corrected chi connectivity index (χ0v) is 9.04. The first kappa shape index (κ1) is 11.0. The second kappa shape index (κ2) is 5.03. The number of carbonyl (C=O) groups is 1. The Labute approximate surface area is 94.1 Å². The molecule has 1 aliphatic rings. The summed E-state index contributed by atoms with van der Waals surface area (Å²) in [5.74, 6) is -0.0614. The minimum atomic E-state index is -0.0614. The van der Waals surface area contributed by atoms with Crippen molar-refractivity contribution >= 4 is 5.91 Å². The molecule has 0 spiro atoms. The second-order valence-electron chi connectivity index (χ2n) is 3.96. The van der Waals surface area contributed by atoms with Crippen molar-refractivity contribution in [3.05, 3.63) is 24.0 Å². The van der Waals surface area contributed by atoms with Crippen molar-refractivity contribution in [2.45, 2.75) is 25.3 Å². The number of aliphatic hydroxyl groups excluding tert-OH is 1. The standard InChI is InChI=1S/C11H15N3O2/c15-8-10-3-1-2-6-14(10)11(16)9-4-5-12-13-7-9/h4-5,7,10,15H,1-3,6,8H2. The third-order valence-corrected chi connectivity index (χ3v) is 2.93. The number of nitrogens with zero attached hydrogens (tertiary/aromatic N) is 3. The molecule has 2 rings (SSSR count). The third kappa shape index (κ3) is 2.19. The molecule has 0 saturated carbocycles. The highest BCUT2D eigenvalue weighted by molar-refractivity contribution is 5.94. The van der Waals surface area contributed by atoms with Crippen LogP contribution in [-0.2, 0) is 0 Å². The molecule has 1 amide bonds. The van der Waals surface area contributed by atoms with Crippen molar-refractivity contribution in [3.8, 4) is 0 Å². The van der Waals surface area contributed by atoms with Gasteiger partial charge >= 0.3 is 0 Å². The molecule has 1 unspecified atom stereocenters. The molecule has 1 fully saturated rings. The predicted molar refractivity (Wildman–Crippen MR) is 57.8 cm³/mol. The molecule has 2 heterocycles. The van der Waals surface area contributed by atoms with E-state index in [0.29, 0.717) is 12.1 Å². The van der Waals surface area contributed by atoms with Crippen LogP contribution in [0.2, 0.25) is 0 Å². The Morgan fingerprint density at radius 1 is 1.50 bits per heavy atom. The van der Waals surface area contributed by atoms with Crippen LogP contribution in [0.15, 0.2) is 18.5 Å². The zero-order chi connectivity index (χ0) is 11.4. The Morgan fingerprint density at radius 3 is 3.06 bits per heavy atom. The molecule has 16 heavy (non-hydrogen) atoms. The van der Waals surface area contributed by atoms with E-state index in [9.17, 15) is 9.90 Å². The van der Waals surface area contributed by atoms with Gasteiger partial charge in [0.1, 0.15) is 0 Å². The molecule has 1 aliphatic heterocycles. The Morgan fingerprint density at radius 2 is 2.38 bits per heavy atom. The number of likely N-dealkylation sites (tertiary alicyclic amines) is 1. The van der Waals surface area contributed by atoms with Crippen LogP contribution in [0, 0.1) is 0 Å². The van der Waals surface area contributed by atoms with Crippen molar-refractivity contribution in [2.24, 2.45) is 0 Å². The predicted octanol–water partition coefficient (Wildman–Crippen LogP) is 0.464. The number of carbonyl (C=O) groups excluding carboxylic acids is 1. The van der Waals surface area contributed by atoms with Crippen molar-refractivity contribution in [3.63, 3.8) is 0 Å². The fourth-order valence-electron chi connectivity index (χ4n) is 2.04. The van der Waals surface area contributed by atoms with E-state index in [2.05, 4.69) is 10.2 Å². The van der Waals surface area contributed by atoms with Gasteiger partial charge in [0.15, 0.2) is 0 Å². The monoisotopic (exact) mass is 221 g/mol. The fraction of sp³-hybridized carbons (Fsp3) is 0.545. The van der Waals surface area contributed by atoms with E-state index in [1.807, 2.05) is 0 Å². The summed E-state index contributed by atoms with van der Waals surface area (Å²) in [7, 11) is 0. The number of piperidine rings is 1. The first-order valence-corrected chi connectivity index (χ1v) is 5.51. The SMILES string of the molecule is O=C(c1ccnnc1)N1CCCCC1CO. The molecule has 86 valence electrons. The van der Waals surface area contributed by atoms with Gasteiger partial charge in [-0.1, -0.05) is 0 Å². The van der Waals surface area contributed by atoms with Crippen LogP contribution in [0.4, 0.5) is 0 Å². The Balaban J connectivity index is 2.14. The van der Waals surface area contributed by atoms with Gasteiger partial charge in [-0.25, -0.2) is 0 Å². The molecular formula is C11H15N3O2. The lowest BCUT2D eigenvalue weighted by Crippen LogP contribution is -2.45. The van der Waals surface area contributed by atoms with Gasteiger partial charge in [0.05, 0.1) is 30.6 Å². The zero-order valence-electron chi connectivity index (χ0n) is 9.04. The van der Waals surface area contributed by atoms with Gasteiger partial charge < -0.3 is 10.0 Å². The first-order chi connectivity index (χ1) is 7.83. The number of aliphatic hydroxyl groups is 1. The first-order valence-electron chi connectivity index (χ1n) is 5.51. The summed E-state index contributed by atoms with van der Waals surface area (Å²) in [5, 5.41) is 16.6. The summed E-state index contributed by atoms with van der Waals surface area (Å²) in [6.45, 7) is 0.747. The summed E-state index contributed by atoms with van der Waals surface area (Å²) in [6.07, 6.45) is 5.92. The van der Waals surface area contributed by atoms with Gasteiger partial charge in [0.2, 0.25) is 0 Å². The van der Waals surface area contributed by atoms with Gasteiger partial charge in [0, 0.05) is 6.54 Å². The minimum absolute atomic E-state index is 0.0320. The Kier molecular flexibility index (Phi) is 3.46. The lowest BCUT2D eigenvalue weighted by molar-refractivity contribution is 0.0502. The molecule has 1 N–H and O–H groups in total. The van der Waals surface area contributed by atoms with E-state index in [1.54, 1.807) is 11.0 Å². The molecule has 1 aromatic heterocycles. The van der Waals surface area contributed by atoms with Crippen molar-refractivity contribution in [2.75, 3.05) is 13.2 Å². The molecular weight excluding hydrogens is 206 g/mol. The maximum atomic E-state index is 12.1. The largest absolute Gasteiger partial charge is 0.394 e. The molecule has 1 saturated heterocycles. The summed E-state index contributed by atoms with van der Waals surface area (Å²) >= 11 is 0. The molecule has 1 aromatic rings. The van der Waals surface area contributed by atoms with Gasteiger partial charge in [-0.3, -0.25) is 4.79 Å². The fourth-order valence-corrected chi connectivity index (χ4v) is 2.04. The van der Waals surface area contributed by atoms with Crippen LogP contribution in [0.5, 0.6) is 0 Å². The van der Waals surface area contributed by atoms with Crippen molar-refractivity contribution in [1.29, 1.82) is 0 Å². The average Bonchev–Trinajstić information content (AvgIpc) is 2.39. The molecule has 0 aliphatic carbocycles. The van der Waals surface area contributed by atoms with Crippen LogP contribution < -0.4 is 0 Å². The summed E-state index contributed by atoms with van der Waals surface area (Å²) in [5.41, 5.74) is 0.537. The van der Waals surface area contributed by atoms with Gasteiger partial charge in [-0.15, -0.1) is 0 Å². The van der Waals surface area contributed by atoms with Crippen LogP contribution in [0.3, 0.4) is 0 Å². The Bertz CT molecular complexity index is 356. The van der Waals surface area contributed by atoms with Crippen LogP contribution in [-0.4, -0.2) is 45.3 Å². The van der Waals surface area contributed by atoms with E-state index in [1.165, 1.54) is 12.4 Å². The lowest BCUT2D eigenvalue weighted by Gasteiger charge is -2.34. The highest BCUT2D eigenvalue weighted by Gasteiger charge is 2.26. The summed E-state index contributed by atoms with van der Waals surface area (Å²) < 4.78 is 0. The number of hydrogen-bond donors (Lipinski definition) is 1. The van der Waals surface area contributed by atoms with E-state index < -0.39 is 0 Å². The van der Waals surface area contributed by atoms with Gasteiger partial charge in [-0.2, -0.15) is 10.2 Å². The maximum absolute atomic E-state index is 12.1. The van der Waals surface area contributed by atoms with Gasteiger partial charge in [-0.05, 0) is 25.3 Å². The van der Waals surface area contributed by atoms with E-state index in [-0.39, 0.29) is 18.6 Å². The van der Waals surface area contributed by atoms with Gasteiger partial charge in [0.25, 0.3) is 5.91 Å². The van der Waals surface area contributed by atoms with Crippen LogP contribution >= 0.6 is 0 Å². The number of rotatable bonds is 2. The third-order valence-electron chi connectivity index (χ3n) is 2.93. The summed E-state index contributed by atoms with van der Waals surface area (Å²) in [4.78, 5) is 13.9.